The summed E-state index contributed by atoms with van der Waals surface area (Å²) in [7, 11) is 0. The molecule has 2 aromatic rings. The average Bonchev–Trinajstić information content (AvgIpc) is 2.37. The topological polar surface area (TPSA) is 60.2 Å². The molecule has 0 fully saturated rings. The molecule has 0 saturated carbocycles. The smallest absolute Gasteiger partial charge is 0.120 e. The van der Waals surface area contributed by atoms with Crippen LogP contribution in [0.4, 0.5) is 5.69 Å². The largest absolute Gasteiger partial charge is 0.494 e. The second-order valence-corrected chi connectivity index (χ2v) is 3.77. The van der Waals surface area contributed by atoms with E-state index in [1.807, 2.05) is 31.2 Å². The Morgan fingerprint density at radius 1 is 1.29 bits per heavy atom. The lowest BCUT2D eigenvalue weighted by molar-refractivity contribution is 0.340. The number of hydrogen-bond donors (Lipinski definition) is 2. The molecule has 4 heteroatoms. The number of nitrogens with one attached hydrogen (secondary N) is 1. The van der Waals surface area contributed by atoms with Crippen LogP contribution in [0.1, 0.15) is 19.5 Å². The third-order valence-corrected chi connectivity index (χ3v) is 2.66. The molecule has 1 aromatic heterocycles. The van der Waals surface area contributed by atoms with E-state index in [4.69, 9.17) is 10.6 Å². The number of anilines is 1. The van der Waals surface area contributed by atoms with Crippen molar-refractivity contribution in [1.82, 2.24) is 4.98 Å². The van der Waals surface area contributed by atoms with Crippen molar-refractivity contribution in [3.05, 3.63) is 30.0 Å². The summed E-state index contributed by atoms with van der Waals surface area (Å²) in [6.07, 6.45) is 0.887. The van der Waals surface area contributed by atoms with Gasteiger partial charge in [-0.3, -0.25) is 10.8 Å². The summed E-state index contributed by atoms with van der Waals surface area (Å²) in [5.74, 6) is 6.38. The average molecular weight is 231 g/mol. The number of nitrogens with two attached hydrogens (primary N) is 1. The lowest BCUT2D eigenvalue weighted by Crippen LogP contribution is -2.08. The van der Waals surface area contributed by atoms with Gasteiger partial charge in [0.2, 0.25) is 0 Å². The lowest BCUT2D eigenvalue weighted by atomic mass is 10.1. The second kappa shape index (κ2) is 5.01. The summed E-state index contributed by atoms with van der Waals surface area (Å²) in [6, 6.07) is 7.82. The molecule has 0 amide bonds. The van der Waals surface area contributed by atoms with Crippen molar-refractivity contribution in [2.45, 2.75) is 20.3 Å². The third kappa shape index (κ3) is 2.31. The van der Waals surface area contributed by atoms with E-state index < -0.39 is 0 Å². The molecular weight excluding hydrogens is 214 g/mol. The molecule has 0 aliphatic carbocycles. The molecule has 0 aliphatic rings. The quantitative estimate of drug-likeness (QED) is 0.627. The van der Waals surface area contributed by atoms with Gasteiger partial charge in [-0.1, -0.05) is 6.92 Å². The second-order valence-electron chi connectivity index (χ2n) is 3.77. The highest BCUT2D eigenvalue weighted by Crippen LogP contribution is 2.26. The minimum absolute atomic E-state index is 0.650. The number of aryl methyl sites for hydroxylation is 1. The summed E-state index contributed by atoms with van der Waals surface area (Å²) < 4.78 is 5.47. The fourth-order valence-corrected chi connectivity index (χ4v) is 1.82. The van der Waals surface area contributed by atoms with Crippen LogP contribution in [0.5, 0.6) is 5.75 Å². The summed E-state index contributed by atoms with van der Waals surface area (Å²) in [6.45, 7) is 4.69. The van der Waals surface area contributed by atoms with Crippen molar-refractivity contribution in [2.75, 3.05) is 12.0 Å². The van der Waals surface area contributed by atoms with E-state index in [0.29, 0.717) is 6.61 Å². The Morgan fingerprint density at radius 3 is 2.76 bits per heavy atom. The number of rotatable bonds is 4. The van der Waals surface area contributed by atoms with Crippen molar-refractivity contribution >= 4 is 16.6 Å². The van der Waals surface area contributed by atoms with Crippen molar-refractivity contribution in [1.29, 1.82) is 0 Å². The standard InChI is InChI=1S/C13H17N3O/c1-3-9-7-13(16-14)11-8-10(17-4-2)5-6-12(11)15-9/h5-8H,3-4,14H2,1-2H3,(H,15,16). The van der Waals surface area contributed by atoms with Crippen molar-refractivity contribution < 1.29 is 4.74 Å². The molecule has 2 rings (SSSR count). The number of aromatic nitrogens is 1. The molecule has 0 saturated heterocycles. The van der Waals surface area contributed by atoms with Gasteiger partial charge in [0.05, 0.1) is 17.8 Å². The predicted molar refractivity (Wildman–Crippen MR) is 70.1 cm³/mol. The SMILES string of the molecule is CCOc1ccc2nc(CC)cc(NN)c2c1. The van der Waals surface area contributed by atoms with Crippen LogP contribution < -0.4 is 16.0 Å². The predicted octanol–water partition coefficient (Wildman–Crippen LogP) is 2.48. The fourth-order valence-electron chi connectivity index (χ4n) is 1.82. The van der Waals surface area contributed by atoms with E-state index in [0.717, 1.165) is 34.5 Å². The lowest BCUT2D eigenvalue weighted by Gasteiger charge is -2.10. The van der Waals surface area contributed by atoms with Crippen molar-refractivity contribution in [3.8, 4) is 5.75 Å². The molecule has 1 heterocycles. The number of nitrogens with zero attached hydrogens (tertiary/aromatic N) is 1. The molecule has 0 aliphatic heterocycles. The zero-order chi connectivity index (χ0) is 12.3. The zero-order valence-corrected chi connectivity index (χ0v) is 10.2. The van der Waals surface area contributed by atoms with Gasteiger partial charge in [0, 0.05) is 11.1 Å². The van der Waals surface area contributed by atoms with Crippen LogP contribution in [0.2, 0.25) is 0 Å². The molecule has 1 aromatic carbocycles. The van der Waals surface area contributed by atoms with E-state index in [9.17, 15) is 0 Å². The van der Waals surface area contributed by atoms with Crippen LogP contribution >= 0.6 is 0 Å². The summed E-state index contributed by atoms with van der Waals surface area (Å²) >= 11 is 0. The molecule has 0 unspecified atom stereocenters. The number of pyridine rings is 1. The van der Waals surface area contributed by atoms with E-state index in [-0.39, 0.29) is 0 Å². The zero-order valence-electron chi connectivity index (χ0n) is 10.2. The molecule has 4 nitrogen and oxygen atoms in total. The monoisotopic (exact) mass is 231 g/mol. The van der Waals surface area contributed by atoms with Crippen LogP contribution in [-0.4, -0.2) is 11.6 Å². The highest BCUT2D eigenvalue weighted by Gasteiger charge is 2.05. The first-order valence-electron chi connectivity index (χ1n) is 5.81. The highest BCUT2D eigenvalue weighted by molar-refractivity contribution is 5.92. The molecule has 0 radical (unpaired) electrons. The van der Waals surface area contributed by atoms with Gasteiger partial charge < -0.3 is 10.2 Å². The first-order chi connectivity index (χ1) is 8.28. The highest BCUT2D eigenvalue weighted by atomic mass is 16.5. The Bertz CT molecular complexity index is 525. The Kier molecular flexibility index (Phi) is 3.44. The van der Waals surface area contributed by atoms with Crippen LogP contribution in [0, 0.1) is 0 Å². The minimum Gasteiger partial charge on any atom is -0.494 e. The Labute approximate surface area is 101 Å². The number of hydrogen-bond acceptors (Lipinski definition) is 4. The van der Waals surface area contributed by atoms with Crippen LogP contribution in [0.15, 0.2) is 24.3 Å². The van der Waals surface area contributed by atoms with Crippen LogP contribution in [0.25, 0.3) is 10.9 Å². The van der Waals surface area contributed by atoms with Gasteiger partial charge in [0.15, 0.2) is 0 Å². The maximum Gasteiger partial charge on any atom is 0.120 e. The number of nitrogen functional groups attached to an aromatic ring is 1. The van der Waals surface area contributed by atoms with Crippen molar-refractivity contribution in [2.24, 2.45) is 5.84 Å². The summed E-state index contributed by atoms with van der Waals surface area (Å²) in [5.41, 5.74) is 5.56. The van der Waals surface area contributed by atoms with Crippen LogP contribution in [-0.2, 0) is 6.42 Å². The van der Waals surface area contributed by atoms with Gasteiger partial charge in [0.1, 0.15) is 5.75 Å². The first kappa shape index (κ1) is 11.7. The molecule has 17 heavy (non-hydrogen) atoms. The number of benzene rings is 1. The number of ether oxygens (including phenoxy) is 1. The first-order valence-corrected chi connectivity index (χ1v) is 5.81. The maximum atomic E-state index is 5.54. The Hall–Kier alpha value is -1.81. The number of fused-ring (bicyclic) bond motifs is 1. The van der Waals surface area contributed by atoms with E-state index in [2.05, 4.69) is 17.3 Å². The van der Waals surface area contributed by atoms with E-state index in [1.165, 1.54) is 0 Å². The third-order valence-electron chi connectivity index (χ3n) is 2.66. The van der Waals surface area contributed by atoms with Gasteiger partial charge >= 0.3 is 0 Å². The minimum atomic E-state index is 0.650. The molecule has 0 atom stereocenters. The molecule has 3 N–H and O–H groups in total. The maximum absolute atomic E-state index is 5.54. The fraction of sp³-hybridized carbons (Fsp3) is 0.308. The molecular formula is C13H17N3O. The Morgan fingerprint density at radius 2 is 2.12 bits per heavy atom. The molecule has 0 spiro atoms. The van der Waals surface area contributed by atoms with Crippen LogP contribution in [0.3, 0.4) is 0 Å². The summed E-state index contributed by atoms with van der Waals surface area (Å²) in [5, 5.41) is 0.982. The van der Waals surface area contributed by atoms with Crippen molar-refractivity contribution in [3.63, 3.8) is 0 Å². The van der Waals surface area contributed by atoms with Gasteiger partial charge in [0.25, 0.3) is 0 Å². The molecule has 90 valence electrons. The van der Waals surface area contributed by atoms with Gasteiger partial charge in [-0.05, 0) is 37.6 Å². The normalized spacial score (nSPS) is 10.5. The van der Waals surface area contributed by atoms with E-state index in [1.54, 1.807) is 0 Å². The van der Waals surface area contributed by atoms with Gasteiger partial charge in [-0.2, -0.15) is 0 Å². The number of hydrazine groups is 1. The Balaban J connectivity index is 2.59. The van der Waals surface area contributed by atoms with E-state index >= 15 is 0 Å². The summed E-state index contributed by atoms with van der Waals surface area (Å²) in [4.78, 5) is 4.55. The van der Waals surface area contributed by atoms with Gasteiger partial charge in [-0.15, -0.1) is 0 Å². The van der Waals surface area contributed by atoms with Gasteiger partial charge in [-0.25, -0.2) is 0 Å². The molecule has 0 bridgehead atoms.